The topological polar surface area (TPSA) is 33.0 Å². The Morgan fingerprint density at radius 1 is 1.06 bits per heavy atom. The van der Waals surface area contributed by atoms with Crippen molar-refractivity contribution in [1.82, 2.24) is 0 Å². The zero-order chi connectivity index (χ0) is 23.8. The third-order valence-electron chi connectivity index (χ3n) is 6.43. The molecule has 6 heteroatoms. The Kier molecular flexibility index (Phi) is 8.68. The predicted molar refractivity (Wildman–Crippen MR) is 120 cm³/mol. The number of halogens is 4. The quantitative estimate of drug-likeness (QED) is 0.283. The van der Waals surface area contributed by atoms with Crippen molar-refractivity contribution in [3.63, 3.8) is 0 Å². The molecule has 1 aliphatic rings. The van der Waals surface area contributed by atoms with Crippen LogP contribution in [-0.4, -0.2) is 6.61 Å². The van der Waals surface area contributed by atoms with Crippen LogP contribution in [0.15, 0.2) is 48.6 Å². The van der Waals surface area contributed by atoms with Crippen molar-refractivity contribution in [1.29, 1.82) is 5.26 Å². The molecule has 2 aromatic rings. The molecule has 1 saturated carbocycles. The van der Waals surface area contributed by atoms with Crippen LogP contribution in [0.4, 0.5) is 17.6 Å². The minimum Gasteiger partial charge on any atom is -0.316 e. The molecule has 1 fully saturated rings. The van der Waals surface area contributed by atoms with Crippen LogP contribution in [0.25, 0.3) is 0 Å². The highest BCUT2D eigenvalue weighted by atomic mass is 19.3. The summed E-state index contributed by atoms with van der Waals surface area (Å²) in [7, 11) is 0. The number of nitrogens with zero attached hydrogens (tertiary/aromatic N) is 1. The van der Waals surface area contributed by atoms with Gasteiger partial charge in [-0.3, -0.25) is 0 Å². The molecular formula is C27H29F4NO. The molecule has 0 N–H and O–H groups in total. The van der Waals surface area contributed by atoms with Crippen LogP contribution in [-0.2, 0) is 17.3 Å². The average molecular weight is 460 g/mol. The lowest BCUT2D eigenvalue weighted by molar-refractivity contribution is -0.248. The summed E-state index contributed by atoms with van der Waals surface area (Å²) in [4.78, 5) is 0. The van der Waals surface area contributed by atoms with E-state index in [0.29, 0.717) is 5.92 Å². The first-order valence-corrected chi connectivity index (χ1v) is 11.5. The lowest BCUT2D eigenvalue weighted by atomic mass is 9.77. The fourth-order valence-corrected chi connectivity index (χ4v) is 4.49. The fraction of sp³-hybridized carbons (Fsp3) is 0.444. The molecule has 0 aromatic heterocycles. The van der Waals surface area contributed by atoms with Gasteiger partial charge in [-0.1, -0.05) is 36.4 Å². The summed E-state index contributed by atoms with van der Waals surface area (Å²) in [6.45, 7) is 1.61. The van der Waals surface area contributed by atoms with Crippen LogP contribution in [0, 0.1) is 28.9 Å². The minimum absolute atomic E-state index is 0.107. The van der Waals surface area contributed by atoms with Gasteiger partial charge >= 0.3 is 6.11 Å². The maximum Gasteiger partial charge on any atom is 0.383 e. The van der Waals surface area contributed by atoms with Gasteiger partial charge in [0.25, 0.3) is 0 Å². The van der Waals surface area contributed by atoms with E-state index >= 15 is 0 Å². The number of nitriles is 1. The van der Waals surface area contributed by atoms with E-state index in [0.717, 1.165) is 42.9 Å². The zero-order valence-electron chi connectivity index (χ0n) is 18.8. The van der Waals surface area contributed by atoms with Crippen LogP contribution >= 0.6 is 0 Å². The molecule has 0 spiro atoms. The van der Waals surface area contributed by atoms with Gasteiger partial charge in [0.15, 0.2) is 0 Å². The van der Waals surface area contributed by atoms with Crippen molar-refractivity contribution < 1.29 is 22.3 Å². The second kappa shape index (κ2) is 11.5. The van der Waals surface area contributed by atoms with Crippen LogP contribution in [0.1, 0.15) is 73.6 Å². The molecule has 0 saturated heterocycles. The van der Waals surface area contributed by atoms with E-state index in [4.69, 9.17) is 10.00 Å². The lowest BCUT2D eigenvalue weighted by Crippen LogP contribution is -2.20. The smallest absolute Gasteiger partial charge is 0.316 e. The summed E-state index contributed by atoms with van der Waals surface area (Å²) in [5.74, 6) is -0.886. The van der Waals surface area contributed by atoms with E-state index in [-0.39, 0.29) is 17.5 Å². The predicted octanol–water partition coefficient (Wildman–Crippen LogP) is 7.78. The Balaban J connectivity index is 1.52. The number of allylic oxidation sites excluding steroid dienone is 2. The van der Waals surface area contributed by atoms with E-state index in [1.807, 2.05) is 6.92 Å². The molecule has 0 bridgehead atoms. The summed E-state index contributed by atoms with van der Waals surface area (Å²) < 4.78 is 61.1. The number of ether oxygens (including phenoxy) is 1. The first kappa shape index (κ1) is 25.0. The van der Waals surface area contributed by atoms with Gasteiger partial charge in [-0.25, -0.2) is 8.78 Å². The summed E-state index contributed by atoms with van der Waals surface area (Å²) in [6, 6.07) is 9.66. The highest BCUT2D eigenvalue weighted by Crippen LogP contribution is 2.38. The van der Waals surface area contributed by atoms with Gasteiger partial charge in [-0.15, -0.1) is 0 Å². The van der Waals surface area contributed by atoms with Gasteiger partial charge in [0.2, 0.25) is 0 Å². The van der Waals surface area contributed by atoms with Crippen molar-refractivity contribution in [2.45, 2.75) is 63.9 Å². The maximum atomic E-state index is 14.5. The average Bonchev–Trinajstić information content (AvgIpc) is 2.80. The van der Waals surface area contributed by atoms with E-state index in [1.54, 1.807) is 12.1 Å². The van der Waals surface area contributed by atoms with Crippen LogP contribution < -0.4 is 0 Å². The standard InChI is InChI=1S/C27H29F4NO/c1-2-3-4-5-19-6-8-21(9-7-19)22-10-12-23(13-11-22)27(30,31)33-15-14-20-16-25(28)24(18-32)26(29)17-20/h2-3,10-13,16-17,19,21H,4-9,14-15H2,1H3/b3-2+. The lowest BCUT2D eigenvalue weighted by Gasteiger charge is -2.29. The van der Waals surface area contributed by atoms with Gasteiger partial charge in [0.05, 0.1) is 12.2 Å². The van der Waals surface area contributed by atoms with Gasteiger partial charge in [0, 0.05) is 0 Å². The molecule has 0 radical (unpaired) electrons. The summed E-state index contributed by atoms with van der Waals surface area (Å²) in [6.07, 6.45) is 7.48. The Labute approximate surface area is 192 Å². The Bertz CT molecular complexity index is 963. The molecule has 0 unspecified atom stereocenters. The van der Waals surface area contributed by atoms with Crippen molar-refractivity contribution in [3.05, 3.63) is 82.4 Å². The fourth-order valence-electron chi connectivity index (χ4n) is 4.49. The van der Waals surface area contributed by atoms with Gasteiger partial charge in [-0.2, -0.15) is 14.0 Å². The van der Waals surface area contributed by atoms with E-state index in [2.05, 4.69) is 12.2 Å². The summed E-state index contributed by atoms with van der Waals surface area (Å²) in [5, 5.41) is 8.70. The van der Waals surface area contributed by atoms with Crippen molar-refractivity contribution >= 4 is 0 Å². The second-order valence-electron chi connectivity index (χ2n) is 8.65. The van der Waals surface area contributed by atoms with Crippen LogP contribution in [0.3, 0.4) is 0 Å². The highest BCUT2D eigenvalue weighted by molar-refractivity contribution is 5.35. The Morgan fingerprint density at radius 2 is 1.70 bits per heavy atom. The van der Waals surface area contributed by atoms with Crippen molar-refractivity contribution in [2.24, 2.45) is 5.92 Å². The molecule has 0 heterocycles. The molecular weight excluding hydrogens is 430 g/mol. The van der Waals surface area contributed by atoms with Crippen LogP contribution in [0.5, 0.6) is 0 Å². The molecule has 176 valence electrons. The molecule has 0 atom stereocenters. The molecule has 3 rings (SSSR count). The number of alkyl halides is 2. The minimum atomic E-state index is -3.51. The Morgan fingerprint density at radius 3 is 2.27 bits per heavy atom. The number of rotatable bonds is 9. The second-order valence-corrected chi connectivity index (χ2v) is 8.65. The first-order chi connectivity index (χ1) is 15.8. The number of hydrogen-bond acceptors (Lipinski definition) is 2. The van der Waals surface area contributed by atoms with E-state index in [9.17, 15) is 17.6 Å². The van der Waals surface area contributed by atoms with Gasteiger partial charge in [0.1, 0.15) is 23.3 Å². The monoisotopic (exact) mass is 459 g/mol. The van der Waals surface area contributed by atoms with Crippen LogP contribution in [0.2, 0.25) is 0 Å². The SMILES string of the molecule is C/C=C/CCC1CCC(c2ccc(C(F)(F)OCCc3cc(F)c(C#N)c(F)c3)cc2)CC1. The van der Waals surface area contributed by atoms with Crippen molar-refractivity contribution in [3.8, 4) is 6.07 Å². The summed E-state index contributed by atoms with van der Waals surface area (Å²) >= 11 is 0. The molecule has 0 amide bonds. The number of hydrogen-bond donors (Lipinski definition) is 0. The summed E-state index contributed by atoms with van der Waals surface area (Å²) in [5.41, 5.74) is 0.289. The first-order valence-electron chi connectivity index (χ1n) is 11.5. The largest absolute Gasteiger partial charge is 0.383 e. The van der Waals surface area contributed by atoms with Crippen molar-refractivity contribution in [2.75, 3.05) is 6.61 Å². The zero-order valence-corrected chi connectivity index (χ0v) is 18.8. The maximum absolute atomic E-state index is 14.5. The van der Waals surface area contributed by atoms with E-state index < -0.39 is 29.9 Å². The normalized spacial score (nSPS) is 19.0. The Hall–Kier alpha value is -2.65. The number of benzene rings is 2. The molecule has 1 aliphatic carbocycles. The third-order valence-corrected chi connectivity index (χ3v) is 6.43. The molecule has 0 aliphatic heterocycles. The molecule has 2 aromatic carbocycles. The third kappa shape index (κ3) is 6.68. The van der Waals surface area contributed by atoms with Gasteiger partial charge in [-0.05, 0) is 87.0 Å². The molecule has 33 heavy (non-hydrogen) atoms. The van der Waals surface area contributed by atoms with Gasteiger partial charge < -0.3 is 4.74 Å². The highest BCUT2D eigenvalue weighted by Gasteiger charge is 2.33. The van der Waals surface area contributed by atoms with E-state index in [1.165, 1.54) is 37.5 Å². The molecule has 2 nitrogen and oxygen atoms in total.